The number of hydrogen-bond acceptors (Lipinski definition) is 5. The molecule has 0 radical (unpaired) electrons. The molecule has 1 aromatic rings. The fourth-order valence-electron chi connectivity index (χ4n) is 6.56. The second-order valence-electron chi connectivity index (χ2n) is 12.5. The third-order valence-electron chi connectivity index (χ3n) is 8.66. The third-order valence-corrected chi connectivity index (χ3v) is 8.66. The first-order chi connectivity index (χ1) is 16.2. The van der Waals surface area contributed by atoms with Crippen molar-refractivity contribution in [2.75, 3.05) is 0 Å². The van der Waals surface area contributed by atoms with E-state index < -0.39 is 16.6 Å². The SMILES string of the molecule is CCCC(O)(CCC)c1cc(OC(=O)C2(C3NC3(C)C)CC2(C)C)cc(C(O)(CCC)CCC)c1. The summed E-state index contributed by atoms with van der Waals surface area (Å²) in [6, 6.07) is 5.71. The van der Waals surface area contributed by atoms with Gasteiger partial charge in [0.25, 0.3) is 0 Å². The van der Waals surface area contributed by atoms with Gasteiger partial charge in [-0.1, -0.05) is 67.2 Å². The van der Waals surface area contributed by atoms with Crippen molar-refractivity contribution in [3.05, 3.63) is 29.3 Å². The highest BCUT2D eigenvalue weighted by atomic mass is 16.5. The van der Waals surface area contributed by atoms with Crippen molar-refractivity contribution in [2.45, 2.75) is 136 Å². The Bertz CT molecular complexity index is 869. The van der Waals surface area contributed by atoms with Gasteiger partial charge in [-0.25, -0.2) is 0 Å². The summed E-state index contributed by atoms with van der Waals surface area (Å²) in [6.45, 7) is 16.8. The maximum Gasteiger partial charge on any atom is 0.319 e. The molecule has 3 N–H and O–H groups in total. The summed E-state index contributed by atoms with van der Waals surface area (Å²) in [5.41, 5.74) is -1.33. The van der Waals surface area contributed by atoms with Crippen LogP contribution in [0.2, 0.25) is 0 Å². The summed E-state index contributed by atoms with van der Waals surface area (Å²) >= 11 is 0. The molecule has 198 valence electrons. The molecule has 2 fully saturated rings. The molecule has 2 atom stereocenters. The molecule has 1 aromatic carbocycles. The molecule has 0 bridgehead atoms. The monoisotopic (exact) mass is 487 g/mol. The Kier molecular flexibility index (Phi) is 7.88. The van der Waals surface area contributed by atoms with Gasteiger partial charge in [-0.05, 0) is 80.7 Å². The molecule has 5 nitrogen and oxygen atoms in total. The molecule has 1 aliphatic carbocycles. The van der Waals surface area contributed by atoms with Crippen LogP contribution in [0.5, 0.6) is 5.75 Å². The van der Waals surface area contributed by atoms with Gasteiger partial charge in [-0.2, -0.15) is 0 Å². The standard InChI is InChI=1S/C30H49NO4/c1-9-13-28(33,14-10-2)21-17-22(29(34,15-11-3)16-12-4)19-23(18-21)35-25(32)30(20-26(30,5)6)24-27(7,8)31-24/h17-19,24,31,33-34H,9-16,20H2,1-8H3. The summed E-state index contributed by atoms with van der Waals surface area (Å²) in [6.07, 6.45) is 6.62. The van der Waals surface area contributed by atoms with Crippen LogP contribution in [0.3, 0.4) is 0 Å². The summed E-state index contributed by atoms with van der Waals surface area (Å²) in [5, 5.41) is 26.9. The highest BCUT2D eigenvalue weighted by Gasteiger charge is 2.78. The lowest BCUT2D eigenvalue weighted by Gasteiger charge is -2.33. The number of ether oxygens (including phenoxy) is 1. The lowest BCUT2D eigenvalue weighted by atomic mass is 9.80. The van der Waals surface area contributed by atoms with Crippen LogP contribution in [-0.4, -0.2) is 27.8 Å². The van der Waals surface area contributed by atoms with Gasteiger partial charge >= 0.3 is 5.97 Å². The Balaban J connectivity index is 2.06. The first-order valence-corrected chi connectivity index (χ1v) is 13.9. The smallest absolute Gasteiger partial charge is 0.319 e. The summed E-state index contributed by atoms with van der Waals surface area (Å²) in [4.78, 5) is 13.7. The fourth-order valence-corrected chi connectivity index (χ4v) is 6.56. The average Bonchev–Trinajstić information content (AvgIpc) is 3.59. The van der Waals surface area contributed by atoms with E-state index in [1.807, 2.05) is 18.2 Å². The molecule has 1 saturated carbocycles. The zero-order valence-electron chi connectivity index (χ0n) is 23.4. The molecule has 3 rings (SSSR count). The molecule has 5 heteroatoms. The normalized spacial score (nSPS) is 24.8. The predicted octanol–water partition coefficient (Wildman–Crippen LogP) is 6.33. The molecule has 0 spiro atoms. The summed E-state index contributed by atoms with van der Waals surface area (Å²) < 4.78 is 6.16. The van der Waals surface area contributed by atoms with Crippen molar-refractivity contribution < 1.29 is 19.7 Å². The van der Waals surface area contributed by atoms with Crippen LogP contribution >= 0.6 is 0 Å². The number of nitrogens with one attached hydrogen (secondary N) is 1. The Morgan fingerprint density at radius 2 is 1.26 bits per heavy atom. The van der Waals surface area contributed by atoms with Gasteiger partial charge in [0.1, 0.15) is 5.75 Å². The van der Waals surface area contributed by atoms with E-state index in [0.29, 0.717) is 31.4 Å². The second kappa shape index (κ2) is 9.79. The van der Waals surface area contributed by atoms with E-state index in [1.165, 1.54) is 0 Å². The van der Waals surface area contributed by atoms with Crippen LogP contribution in [0.4, 0.5) is 0 Å². The van der Waals surface area contributed by atoms with Crippen LogP contribution in [-0.2, 0) is 16.0 Å². The molecule has 1 heterocycles. The number of aliphatic hydroxyl groups is 2. The van der Waals surface area contributed by atoms with Gasteiger partial charge < -0.3 is 20.3 Å². The maximum absolute atomic E-state index is 13.7. The molecular weight excluding hydrogens is 438 g/mol. The topological polar surface area (TPSA) is 88.7 Å². The molecular formula is C30H49NO4. The number of benzene rings is 1. The summed E-state index contributed by atoms with van der Waals surface area (Å²) in [5.74, 6) is 0.219. The van der Waals surface area contributed by atoms with Gasteiger partial charge in [0.2, 0.25) is 0 Å². The van der Waals surface area contributed by atoms with Crippen molar-refractivity contribution in [3.8, 4) is 5.75 Å². The molecule has 0 aromatic heterocycles. The minimum atomic E-state index is -1.02. The van der Waals surface area contributed by atoms with Crippen LogP contribution in [0, 0.1) is 10.8 Å². The Morgan fingerprint density at radius 1 is 0.886 bits per heavy atom. The largest absolute Gasteiger partial charge is 0.426 e. The van der Waals surface area contributed by atoms with Gasteiger partial charge in [0.05, 0.1) is 16.6 Å². The van der Waals surface area contributed by atoms with Crippen molar-refractivity contribution in [3.63, 3.8) is 0 Å². The van der Waals surface area contributed by atoms with Crippen molar-refractivity contribution in [2.24, 2.45) is 10.8 Å². The maximum atomic E-state index is 13.7. The van der Waals surface area contributed by atoms with E-state index in [4.69, 9.17) is 4.74 Å². The van der Waals surface area contributed by atoms with Crippen LogP contribution in [0.15, 0.2) is 18.2 Å². The Morgan fingerprint density at radius 3 is 1.54 bits per heavy atom. The second-order valence-corrected chi connectivity index (χ2v) is 12.5. The molecule has 1 saturated heterocycles. The Labute approximate surface area is 213 Å². The lowest BCUT2D eigenvalue weighted by molar-refractivity contribution is -0.142. The Hall–Kier alpha value is -1.43. The molecule has 0 amide bonds. The molecule has 2 unspecified atom stereocenters. The highest BCUT2D eigenvalue weighted by Crippen LogP contribution is 2.70. The van der Waals surface area contributed by atoms with Crippen LogP contribution in [0.1, 0.15) is 124 Å². The van der Waals surface area contributed by atoms with E-state index in [0.717, 1.165) is 43.2 Å². The predicted molar refractivity (Wildman–Crippen MR) is 141 cm³/mol. The molecule has 35 heavy (non-hydrogen) atoms. The van der Waals surface area contributed by atoms with E-state index in [9.17, 15) is 15.0 Å². The van der Waals surface area contributed by atoms with Crippen molar-refractivity contribution in [1.29, 1.82) is 0 Å². The zero-order chi connectivity index (χ0) is 26.3. The first-order valence-electron chi connectivity index (χ1n) is 13.9. The minimum Gasteiger partial charge on any atom is -0.426 e. The number of carbonyl (C=O) groups excluding carboxylic acids is 1. The van der Waals surface area contributed by atoms with E-state index in [-0.39, 0.29) is 23.0 Å². The average molecular weight is 488 g/mol. The highest BCUT2D eigenvalue weighted by molar-refractivity contribution is 5.86. The number of esters is 1. The lowest BCUT2D eigenvalue weighted by Crippen LogP contribution is -2.35. The quantitative estimate of drug-likeness (QED) is 0.172. The van der Waals surface area contributed by atoms with Crippen LogP contribution < -0.4 is 10.1 Å². The van der Waals surface area contributed by atoms with E-state index in [1.54, 1.807) is 0 Å². The van der Waals surface area contributed by atoms with E-state index in [2.05, 4.69) is 60.7 Å². The van der Waals surface area contributed by atoms with Gasteiger partial charge in [0.15, 0.2) is 0 Å². The van der Waals surface area contributed by atoms with Crippen LogP contribution in [0.25, 0.3) is 0 Å². The van der Waals surface area contributed by atoms with Gasteiger partial charge in [0, 0.05) is 11.6 Å². The zero-order valence-corrected chi connectivity index (χ0v) is 23.4. The molecule has 1 aliphatic heterocycles. The fraction of sp³-hybridized carbons (Fsp3) is 0.767. The van der Waals surface area contributed by atoms with E-state index >= 15 is 0 Å². The van der Waals surface area contributed by atoms with Gasteiger partial charge in [-0.15, -0.1) is 0 Å². The minimum absolute atomic E-state index is 0.0786. The summed E-state index contributed by atoms with van der Waals surface area (Å²) in [7, 11) is 0. The molecule has 2 aliphatic rings. The van der Waals surface area contributed by atoms with Crippen molar-refractivity contribution in [1.82, 2.24) is 5.32 Å². The number of carbonyl (C=O) groups is 1. The number of rotatable bonds is 13. The first kappa shape index (κ1) is 28.1. The van der Waals surface area contributed by atoms with Gasteiger partial charge in [-0.3, -0.25) is 4.79 Å². The number of hydrogen-bond donors (Lipinski definition) is 3. The van der Waals surface area contributed by atoms with Crippen molar-refractivity contribution >= 4 is 5.97 Å². The third kappa shape index (κ3) is 5.19.